The smallest absolute Gasteiger partial charge is 0.266 e. The standard InChI is InChI=1S/C22H25ClN4O4S/c1-27(9-13(29)11-28)10-20(30)26-21-14-5-3-2-4-12(14)6-16(21)25-22(31)17-7-18-15(24-17)8-19(23)32-18/h2-5,8,13,16,21,28-29H,6-7,9-11H2,1H3,(H,25,31)(H,26,30)/t13?,16-,21-/m1/s1. The highest BCUT2D eigenvalue weighted by Gasteiger charge is 2.36. The fourth-order valence-electron chi connectivity index (χ4n) is 4.18. The molecule has 1 aromatic carbocycles. The summed E-state index contributed by atoms with van der Waals surface area (Å²) >= 11 is 7.44. The number of hydrogen-bond acceptors (Lipinski definition) is 7. The van der Waals surface area contributed by atoms with Gasteiger partial charge in [-0.3, -0.25) is 14.5 Å². The number of amides is 2. The van der Waals surface area contributed by atoms with E-state index in [0.717, 1.165) is 21.7 Å². The van der Waals surface area contributed by atoms with Crippen molar-refractivity contribution in [3.8, 4) is 0 Å². The van der Waals surface area contributed by atoms with E-state index in [0.29, 0.717) is 22.9 Å². The normalized spacial score (nSPS) is 20.0. The van der Waals surface area contributed by atoms with Crippen molar-refractivity contribution < 1.29 is 19.8 Å². The summed E-state index contributed by atoms with van der Waals surface area (Å²) in [7, 11) is 1.70. The van der Waals surface area contributed by atoms with Crippen molar-refractivity contribution in [2.24, 2.45) is 4.99 Å². The highest BCUT2D eigenvalue weighted by Crippen LogP contribution is 2.38. The lowest BCUT2D eigenvalue weighted by Gasteiger charge is -2.25. The van der Waals surface area contributed by atoms with Gasteiger partial charge in [0.05, 0.1) is 41.4 Å². The van der Waals surface area contributed by atoms with Crippen molar-refractivity contribution in [3.63, 3.8) is 0 Å². The van der Waals surface area contributed by atoms with Gasteiger partial charge in [-0.15, -0.1) is 11.3 Å². The molecule has 2 aromatic rings. The summed E-state index contributed by atoms with van der Waals surface area (Å²) in [6.07, 6.45) is 0.150. The first-order valence-electron chi connectivity index (χ1n) is 10.3. The number of aliphatic hydroxyl groups is 2. The van der Waals surface area contributed by atoms with Gasteiger partial charge in [-0.1, -0.05) is 35.9 Å². The summed E-state index contributed by atoms with van der Waals surface area (Å²) in [5.41, 5.74) is 3.24. The second-order valence-electron chi connectivity index (χ2n) is 8.16. The molecule has 0 spiro atoms. The lowest BCUT2D eigenvalue weighted by Crippen LogP contribution is -2.48. The van der Waals surface area contributed by atoms with E-state index < -0.39 is 6.10 Å². The number of aliphatic imine (C=N–C) groups is 1. The molecule has 2 aliphatic rings. The van der Waals surface area contributed by atoms with E-state index in [4.69, 9.17) is 16.7 Å². The van der Waals surface area contributed by atoms with Gasteiger partial charge < -0.3 is 20.8 Å². The Balaban J connectivity index is 1.43. The largest absolute Gasteiger partial charge is 0.394 e. The highest BCUT2D eigenvalue weighted by molar-refractivity contribution is 7.17. The van der Waals surface area contributed by atoms with E-state index in [1.807, 2.05) is 24.3 Å². The molecule has 1 aromatic heterocycles. The SMILES string of the molecule is CN(CC(=O)N[C@@H]1c2ccccc2C[C@H]1NC(=O)C1=Nc2cc(Cl)sc2C1)CC(O)CO. The Morgan fingerprint density at radius 2 is 2.12 bits per heavy atom. The minimum absolute atomic E-state index is 0.0596. The third kappa shape index (κ3) is 5.02. The van der Waals surface area contributed by atoms with E-state index in [9.17, 15) is 14.7 Å². The molecule has 8 nitrogen and oxygen atoms in total. The molecule has 1 aliphatic carbocycles. The maximum absolute atomic E-state index is 12.9. The predicted octanol–water partition coefficient (Wildman–Crippen LogP) is 1.21. The zero-order valence-electron chi connectivity index (χ0n) is 17.5. The number of halogens is 1. The van der Waals surface area contributed by atoms with Gasteiger partial charge in [0.15, 0.2) is 0 Å². The first-order chi connectivity index (χ1) is 15.3. The Labute approximate surface area is 194 Å². The van der Waals surface area contributed by atoms with Crippen LogP contribution in [0.25, 0.3) is 0 Å². The Morgan fingerprint density at radius 3 is 2.88 bits per heavy atom. The van der Waals surface area contributed by atoms with Gasteiger partial charge in [0.1, 0.15) is 5.71 Å². The predicted molar refractivity (Wildman–Crippen MR) is 124 cm³/mol. The van der Waals surface area contributed by atoms with Crippen LogP contribution in [-0.4, -0.2) is 71.5 Å². The van der Waals surface area contributed by atoms with E-state index in [1.54, 1.807) is 18.0 Å². The molecule has 2 heterocycles. The van der Waals surface area contributed by atoms with Crippen molar-refractivity contribution in [2.75, 3.05) is 26.7 Å². The first-order valence-corrected chi connectivity index (χ1v) is 11.5. The Morgan fingerprint density at radius 1 is 1.34 bits per heavy atom. The molecule has 10 heteroatoms. The van der Waals surface area contributed by atoms with Crippen LogP contribution in [-0.2, 0) is 22.4 Å². The molecule has 0 bridgehead atoms. The summed E-state index contributed by atoms with van der Waals surface area (Å²) in [4.78, 5) is 32.6. The third-order valence-electron chi connectivity index (χ3n) is 5.61. The molecule has 1 unspecified atom stereocenters. The number of rotatable bonds is 8. The summed E-state index contributed by atoms with van der Waals surface area (Å²) in [5.74, 6) is -0.474. The van der Waals surface area contributed by atoms with Crippen LogP contribution in [0.2, 0.25) is 4.34 Å². The number of likely N-dealkylation sites (N-methyl/N-ethyl adjacent to an activating group) is 1. The molecule has 170 valence electrons. The summed E-state index contributed by atoms with van der Waals surface area (Å²) < 4.78 is 0.656. The van der Waals surface area contributed by atoms with E-state index in [2.05, 4.69) is 15.6 Å². The number of nitrogens with one attached hydrogen (secondary N) is 2. The van der Waals surface area contributed by atoms with E-state index in [1.165, 1.54) is 11.3 Å². The summed E-state index contributed by atoms with van der Waals surface area (Å²) in [5, 5.41) is 24.7. The number of fused-ring (bicyclic) bond motifs is 2. The van der Waals surface area contributed by atoms with Gasteiger partial charge in [0.25, 0.3) is 5.91 Å². The lowest BCUT2D eigenvalue weighted by atomic mass is 10.1. The molecule has 0 saturated heterocycles. The Bertz CT molecular complexity index is 1060. The van der Waals surface area contributed by atoms with Gasteiger partial charge in [0, 0.05) is 17.8 Å². The van der Waals surface area contributed by atoms with Gasteiger partial charge in [-0.25, -0.2) is 4.99 Å². The molecule has 4 N–H and O–H groups in total. The maximum atomic E-state index is 12.9. The van der Waals surface area contributed by atoms with Crippen LogP contribution in [0.3, 0.4) is 0 Å². The number of aliphatic hydroxyl groups excluding tert-OH is 2. The van der Waals surface area contributed by atoms with E-state index in [-0.39, 0.29) is 43.6 Å². The van der Waals surface area contributed by atoms with Crippen molar-refractivity contribution in [2.45, 2.75) is 31.0 Å². The average molecular weight is 477 g/mol. The second-order valence-corrected chi connectivity index (χ2v) is 9.92. The quantitative estimate of drug-likeness (QED) is 0.457. The van der Waals surface area contributed by atoms with Crippen LogP contribution >= 0.6 is 22.9 Å². The molecule has 0 radical (unpaired) electrons. The molecular weight excluding hydrogens is 452 g/mol. The highest BCUT2D eigenvalue weighted by atomic mass is 35.5. The number of thiophene rings is 1. The molecule has 3 atom stereocenters. The van der Waals surface area contributed by atoms with Crippen molar-refractivity contribution in [1.29, 1.82) is 0 Å². The fraction of sp³-hybridized carbons (Fsp3) is 0.409. The third-order valence-corrected chi connectivity index (χ3v) is 6.87. The maximum Gasteiger partial charge on any atom is 0.266 e. The van der Waals surface area contributed by atoms with E-state index >= 15 is 0 Å². The minimum atomic E-state index is -0.905. The monoisotopic (exact) mass is 476 g/mol. The number of benzene rings is 1. The molecule has 1 aliphatic heterocycles. The Kier molecular flexibility index (Phi) is 6.92. The zero-order chi connectivity index (χ0) is 22.8. The molecular formula is C22H25ClN4O4S. The molecule has 0 fully saturated rings. The minimum Gasteiger partial charge on any atom is -0.394 e. The molecule has 0 saturated carbocycles. The van der Waals surface area contributed by atoms with Gasteiger partial charge in [-0.05, 0) is 30.7 Å². The molecule has 32 heavy (non-hydrogen) atoms. The number of carbonyl (C=O) groups is 2. The molecule has 2 amide bonds. The number of hydrogen-bond donors (Lipinski definition) is 4. The van der Waals surface area contributed by atoms with Crippen LogP contribution < -0.4 is 10.6 Å². The van der Waals surface area contributed by atoms with Crippen LogP contribution in [0.15, 0.2) is 35.3 Å². The Hall–Kier alpha value is -2.30. The van der Waals surface area contributed by atoms with Crippen molar-refractivity contribution >= 4 is 46.2 Å². The first kappa shape index (κ1) is 22.9. The number of nitrogens with zero attached hydrogens (tertiary/aromatic N) is 2. The molecule has 4 rings (SSSR count). The van der Waals surface area contributed by atoms with Crippen LogP contribution in [0.4, 0.5) is 5.69 Å². The second kappa shape index (κ2) is 9.68. The van der Waals surface area contributed by atoms with Gasteiger partial charge in [0.2, 0.25) is 5.91 Å². The average Bonchev–Trinajstić information content (AvgIpc) is 3.39. The van der Waals surface area contributed by atoms with Crippen molar-refractivity contribution in [3.05, 3.63) is 50.7 Å². The van der Waals surface area contributed by atoms with Crippen LogP contribution in [0.1, 0.15) is 22.0 Å². The fourth-order valence-corrected chi connectivity index (χ4v) is 5.39. The van der Waals surface area contributed by atoms with Crippen LogP contribution in [0.5, 0.6) is 0 Å². The summed E-state index contributed by atoms with van der Waals surface area (Å²) in [6, 6.07) is 8.89. The van der Waals surface area contributed by atoms with Gasteiger partial charge in [-0.2, -0.15) is 0 Å². The van der Waals surface area contributed by atoms with Gasteiger partial charge >= 0.3 is 0 Å². The number of carbonyl (C=O) groups excluding carboxylic acids is 2. The summed E-state index contributed by atoms with van der Waals surface area (Å²) in [6.45, 7) is -0.123. The van der Waals surface area contributed by atoms with Crippen molar-refractivity contribution in [1.82, 2.24) is 15.5 Å². The topological polar surface area (TPSA) is 114 Å². The van der Waals surface area contributed by atoms with Crippen LogP contribution in [0, 0.1) is 0 Å². The lowest BCUT2D eigenvalue weighted by molar-refractivity contribution is -0.123. The zero-order valence-corrected chi connectivity index (χ0v) is 19.1.